The van der Waals surface area contributed by atoms with Gasteiger partial charge >= 0.3 is 0 Å². The summed E-state index contributed by atoms with van der Waals surface area (Å²) in [6.07, 6.45) is 4.79. The summed E-state index contributed by atoms with van der Waals surface area (Å²) < 4.78 is 0. The highest BCUT2D eigenvalue weighted by atomic mass is 16.2. The average molecular weight is 243 g/mol. The molecule has 0 bridgehead atoms. The molecule has 1 saturated carbocycles. The van der Waals surface area contributed by atoms with Crippen molar-refractivity contribution >= 4 is 5.91 Å². The minimum atomic E-state index is 0.255. The molecule has 0 aliphatic heterocycles. The number of hydrogen-bond donors (Lipinski definition) is 0. The van der Waals surface area contributed by atoms with Gasteiger partial charge in [0.2, 0.25) is 5.91 Å². The van der Waals surface area contributed by atoms with E-state index < -0.39 is 0 Å². The van der Waals surface area contributed by atoms with Crippen LogP contribution in [0, 0.1) is 11.8 Å². The summed E-state index contributed by atoms with van der Waals surface area (Å²) in [4.78, 5) is 13.8. The number of carbonyl (C=O) groups excluding carboxylic acids is 1. The lowest BCUT2D eigenvalue weighted by atomic mass is 10.0. The SMILES string of the molecule is C=CN(CC(C)Cc1ccccc1)C(=O)C1CC1. The molecule has 2 rings (SSSR count). The summed E-state index contributed by atoms with van der Waals surface area (Å²) in [6.45, 7) is 6.71. The third-order valence-corrected chi connectivity index (χ3v) is 3.37. The van der Waals surface area contributed by atoms with E-state index in [2.05, 4.69) is 37.8 Å². The minimum Gasteiger partial charge on any atom is -0.319 e. The summed E-state index contributed by atoms with van der Waals surface area (Å²) in [5, 5.41) is 0. The molecule has 96 valence electrons. The molecule has 0 saturated heterocycles. The Morgan fingerprint density at radius 3 is 2.67 bits per heavy atom. The molecular weight excluding hydrogens is 222 g/mol. The fourth-order valence-corrected chi connectivity index (χ4v) is 2.24. The highest BCUT2D eigenvalue weighted by molar-refractivity contribution is 5.81. The van der Waals surface area contributed by atoms with E-state index in [0.717, 1.165) is 25.8 Å². The molecule has 1 amide bonds. The Kier molecular flexibility index (Phi) is 4.19. The van der Waals surface area contributed by atoms with Gasteiger partial charge in [-0.3, -0.25) is 4.79 Å². The van der Waals surface area contributed by atoms with Crippen LogP contribution < -0.4 is 0 Å². The quantitative estimate of drug-likeness (QED) is 0.751. The second kappa shape index (κ2) is 5.85. The topological polar surface area (TPSA) is 20.3 Å². The molecular formula is C16H21NO. The van der Waals surface area contributed by atoms with E-state index in [4.69, 9.17) is 0 Å². The van der Waals surface area contributed by atoms with Crippen molar-refractivity contribution in [3.05, 3.63) is 48.7 Å². The van der Waals surface area contributed by atoms with Crippen molar-refractivity contribution < 1.29 is 4.79 Å². The first kappa shape index (κ1) is 12.9. The largest absolute Gasteiger partial charge is 0.319 e. The molecule has 1 aromatic rings. The van der Waals surface area contributed by atoms with Crippen LogP contribution in [0.1, 0.15) is 25.3 Å². The first-order valence-corrected chi connectivity index (χ1v) is 6.67. The van der Waals surface area contributed by atoms with Gasteiger partial charge in [-0.25, -0.2) is 0 Å². The zero-order valence-corrected chi connectivity index (χ0v) is 11.0. The van der Waals surface area contributed by atoms with Crippen molar-refractivity contribution in [3.8, 4) is 0 Å². The fourth-order valence-electron chi connectivity index (χ4n) is 2.24. The zero-order chi connectivity index (χ0) is 13.0. The van der Waals surface area contributed by atoms with Crippen molar-refractivity contribution in [3.63, 3.8) is 0 Å². The second-order valence-electron chi connectivity index (χ2n) is 5.24. The maximum absolute atomic E-state index is 12.0. The van der Waals surface area contributed by atoms with Gasteiger partial charge in [-0.05, 0) is 36.9 Å². The van der Waals surface area contributed by atoms with Crippen LogP contribution in [0.5, 0.6) is 0 Å². The zero-order valence-electron chi connectivity index (χ0n) is 11.0. The fraction of sp³-hybridized carbons (Fsp3) is 0.438. The molecule has 1 aromatic carbocycles. The van der Waals surface area contributed by atoms with Gasteiger partial charge in [0.05, 0.1) is 0 Å². The van der Waals surface area contributed by atoms with E-state index in [1.54, 1.807) is 11.1 Å². The molecule has 1 unspecified atom stereocenters. The highest BCUT2D eigenvalue weighted by Crippen LogP contribution is 2.31. The molecule has 2 heteroatoms. The summed E-state index contributed by atoms with van der Waals surface area (Å²) >= 11 is 0. The third kappa shape index (κ3) is 3.46. The smallest absolute Gasteiger partial charge is 0.229 e. The number of hydrogen-bond acceptors (Lipinski definition) is 1. The van der Waals surface area contributed by atoms with Gasteiger partial charge in [-0.2, -0.15) is 0 Å². The first-order valence-electron chi connectivity index (χ1n) is 6.67. The molecule has 0 spiro atoms. The van der Waals surface area contributed by atoms with E-state index >= 15 is 0 Å². The Labute approximate surface area is 109 Å². The normalized spacial score (nSPS) is 16.1. The van der Waals surface area contributed by atoms with Gasteiger partial charge in [-0.1, -0.05) is 43.8 Å². The van der Waals surface area contributed by atoms with Gasteiger partial charge in [-0.15, -0.1) is 0 Å². The molecule has 1 aliphatic carbocycles. The standard InChI is InChI=1S/C16H21NO/c1-3-17(16(18)15-9-10-15)12-13(2)11-14-7-5-4-6-8-14/h3-8,13,15H,1,9-12H2,2H3. The van der Waals surface area contributed by atoms with Crippen LogP contribution in [0.4, 0.5) is 0 Å². The van der Waals surface area contributed by atoms with Crippen LogP contribution in [0.3, 0.4) is 0 Å². The molecule has 0 N–H and O–H groups in total. The summed E-state index contributed by atoms with van der Waals surface area (Å²) in [5.74, 6) is 0.977. The molecule has 1 fully saturated rings. The summed E-state index contributed by atoms with van der Waals surface area (Å²) in [7, 11) is 0. The van der Waals surface area contributed by atoms with Crippen LogP contribution in [0.15, 0.2) is 43.1 Å². The van der Waals surface area contributed by atoms with Crippen molar-refractivity contribution in [2.75, 3.05) is 6.54 Å². The molecule has 1 atom stereocenters. The molecule has 0 aromatic heterocycles. The van der Waals surface area contributed by atoms with Crippen molar-refractivity contribution in [2.45, 2.75) is 26.2 Å². The van der Waals surface area contributed by atoms with Crippen LogP contribution in [-0.4, -0.2) is 17.4 Å². The molecule has 2 nitrogen and oxygen atoms in total. The number of carbonyl (C=O) groups is 1. The number of rotatable bonds is 6. The summed E-state index contributed by atoms with van der Waals surface area (Å²) in [6, 6.07) is 10.4. The summed E-state index contributed by atoms with van der Waals surface area (Å²) in [5.41, 5.74) is 1.33. The molecule has 0 radical (unpaired) electrons. The van der Waals surface area contributed by atoms with E-state index in [0.29, 0.717) is 5.92 Å². The van der Waals surface area contributed by atoms with Crippen LogP contribution in [0.2, 0.25) is 0 Å². The van der Waals surface area contributed by atoms with Gasteiger partial charge in [0.1, 0.15) is 0 Å². The third-order valence-electron chi connectivity index (χ3n) is 3.37. The van der Waals surface area contributed by atoms with Crippen molar-refractivity contribution in [1.82, 2.24) is 4.90 Å². The van der Waals surface area contributed by atoms with Gasteiger partial charge in [0.25, 0.3) is 0 Å². The van der Waals surface area contributed by atoms with Crippen LogP contribution >= 0.6 is 0 Å². The predicted molar refractivity (Wildman–Crippen MR) is 73.9 cm³/mol. The predicted octanol–water partition coefficient (Wildman–Crippen LogP) is 3.25. The number of benzene rings is 1. The first-order chi connectivity index (χ1) is 8.70. The van der Waals surface area contributed by atoms with Crippen LogP contribution in [0.25, 0.3) is 0 Å². The Morgan fingerprint density at radius 2 is 2.11 bits per heavy atom. The minimum absolute atomic E-state index is 0.255. The van der Waals surface area contributed by atoms with Crippen LogP contribution in [-0.2, 0) is 11.2 Å². The van der Waals surface area contributed by atoms with E-state index in [-0.39, 0.29) is 11.8 Å². The monoisotopic (exact) mass is 243 g/mol. The average Bonchev–Trinajstić information content (AvgIpc) is 3.20. The Morgan fingerprint density at radius 1 is 1.44 bits per heavy atom. The van der Waals surface area contributed by atoms with E-state index in [9.17, 15) is 4.79 Å². The number of nitrogens with zero attached hydrogens (tertiary/aromatic N) is 1. The maximum atomic E-state index is 12.0. The second-order valence-corrected chi connectivity index (χ2v) is 5.24. The molecule has 1 aliphatic rings. The van der Waals surface area contributed by atoms with Gasteiger partial charge < -0.3 is 4.90 Å². The highest BCUT2D eigenvalue weighted by Gasteiger charge is 2.32. The van der Waals surface area contributed by atoms with Crippen molar-refractivity contribution in [2.24, 2.45) is 11.8 Å². The lowest BCUT2D eigenvalue weighted by molar-refractivity contribution is -0.130. The van der Waals surface area contributed by atoms with E-state index in [1.165, 1.54) is 5.56 Å². The molecule has 0 heterocycles. The number of amides is 1. The Bertz CT molecular complexity index is 408. The Balaban J connectivity index is 1.87. The van der Waals surface area contributed by atoms with Crippen molar-refractivity contribution in [1.29, 1.82) is 0 Å². The van der Waals surface area contributed by atoms with Gasteiger partial charge in [0.15, 0.2) is 0 Å². The maximum Gasteiger partial charge on any atom is 0.229 e. The Hall–Kier alpha value is -1.57. The lowest BCUT2D eigenvalue weighted by Gasteiger charge is -2.22. The van der Waals surface area contributed by atoms with E-state index in [1.807, 2.05) is 6.07 Å². The lowest BCUT2D eigenvalue weighted by Crippen LogP contribution is -2.31. The van der Waals surface area contributed by atoms with Gasteiger partial charge in [0, 0.05) is 12.5 Å². The molecule has 18 heavy (non-hydrogen) atoms.